The highest BCUT2D eigenvalue weighted by Crippen LogP contribution is 2.34. The second kappa shape index (κ2) is 8.19. The summed E-state index contributed by atoms with van der Waals surface area (Å²) >= 11 is 5.93. The van der Waals surface area contributed by atoms with Gasteiger partial charge in [-0.1, -0.05) is 35.9 Å². The maximum Gasteiger partial charge on any atom is 0.244 e. The number of amides is 1. The van der Waals surface area contributed by atoms with Crippen molar-refractivity contribution in [2.45, 2.75) is 31.4 Å². The van der Waals surface area contributed by atoms with Gasteiger partial charge in [-0.25, -0.2) is 4.39 Å². The average molecular weight is 403 g/mol. The molecular formula is C22H24ClFN2O2. The number of carbonyl (C=O) groups is 1. The molecule has 2 unspecified atom stereocenters. The summed E-state index contributed by atoms with van der Waals surface area (Å²) < 4.78 is 14.1. The van der Waals surface area contributed by atoms with Gasteiger partial charge >= 0.3 is 0 Å². The van der Waals surface area contributed by atoms with Gasteiger partial charge in [-0.2, -0.15) is 0 Å². The Labute approximate surface area is 169 Å². The van der Waals surface area contributed by atoms with Gasteiger partial charge in [0, 0.05) is 11.6 Å². The summed E-state index contributed by atoms with van der Waals surface area (Å²) in [6, 6.07) is 13.6. The number of halogens is 2. The molecule has 0 aromatic heterocycles. The maximum absolute atomic E-state index is 14.1. The number of hydrogen-bond donors (Lipinski definition) is 1. The normalized spacial score (nSPS) is 22.6. The van der Waals surface area contributed by atoms with Crippen LogP contribution >= 0.6 is 11.6 Å². The van der Waals surface area contributed by atoms with Gasteiger partial charge in [-0.15, -0.1) is 0 Å². The highest BCUT2D eigenvalue weighted by Gasteiger charge is 2.39. The van der Waals surface area contributed by atoms with E-state index in [9.17, 15) is 14.3 Å². The second-order valence-corrected chi connectivity index (χ2v) is 8.05. The van der Waals surface area contributed by atoms with Crippen LogP contribution in [0.5, 0.6) is 0 Å². The standard InChI is InChI=1S/C22H24ClFN2O2/c23-17-7-5-15(6-8-17)21(27)16-9-12-25(13-10-16)20-11-14-26(22(20)28)19-4-2-1-3-18(19)24/h1-8,16,20-21,27H,9-14H2. The number of aliphatic hydroxyl groups is 1. The van der Waals surface area contributed by atoms with Gasteiger partial charge in [-0.05, 0) is 68.1 Å². The lowest BCUT2D eigenvalue weighted by atomic mass is 9.87. The van der Waals surface area contributed by atoms with E-state index < -0.39 is 6.10 Å². The minimum Gasteiger partial charge on any atom is -0.388 e. The Morgan fingerprint density at radius 3 is 2.36 bits per heavy atom. The summed E-state index contributed by atoms with van der Waals surface area (Å²) in [7, 11) is 0. The van der Waals surface area contributed by atoms with Crippen molar-refractivity contribution in [2.24, 2.45) is 5.92 Å². The molecular weight excluding hydrogens is 379 g/mol. The molecule has 1 amide bonds. The van der Waals surface area contributed by atoms with E-state index in [-0.39, 0.29) is 23.7 Å². The van der Waals surface area contributed by atoms with E-state index in [1.807, 2.05) is 12.1 Å². The van der Waals surface area contributed by atoms with E-state index in [4.69, 9.17) is 11.6 Å². The molecule has 2 saturated heterocycles. The largest absolute Gasteiger partial charge is 0.388 e. The molecule has 2 aliphatic heterocycles. The molecule has 2 aliphatic rings. The fraction of sp³-hybridized carbons (Fsp3) is 0.409. The predicted octanol–water partition coefficient (Wildman–Crippen LogP) is 4.03. The van der Waals surface area contributed by atoms with Crippen molar-refractivity contribution in [2.75, 3.05) is 24.5 Å². The zero-order chi connectivity index (χ0) is 19.7. The molecule has 0 bridgehead atoms. The highest BCUT2D eigenvalue weighted by atomic mass is 35.5. The van der Waals surface area contributed by atoms with E-state index in [1.165, 1.54) is 6.07 Å². The van der Waals surface area contributed by atoms with Crippen LogP contribution < -0.4 is 4.90 Å². The summed E-state index contributed by atoms with van der Waals surface area (Å²) in [6.45, 7) is 2.06. The summed E-state index contributed by atoms with van der Waals surface area (Å²) in [5, 5.41) is 11.3. The van der Waals surface area contributed by atoms with Crippen molar-refractivity contribution in [3.8, 4) is 0 Å². The van der Waals surface area contributed by atoms with Crippen molar-refractivity contribution in [1.29, 1.82) is 0 Å². The molecule has 0 aliphatic carbocycles. The second-order valence-electron chi connectivity index (χ2n) is 7.62. The van der Waals surface area contributed by atoms with Crippen LogP contribution in [0.1, 0.15) is 30.9 Å². The molecule has 148 valence electrons. The first-order chi connectivity index (χ1) is 13.5. The van der Waals surface area contributed by atoms with E-state index in [0.29, 0.717) is 23.7 Å². The first-order valence-corrected chi connectivity index (χ1v) is 10.2. The number of nitrogens with zero attached hydrogens (tertiary/aromatic N) is 2. The molecule has 2 aromatic carbocycles. The number of piperidine rings is 1. The molecule has 4 nitrogen and oxygen atoms in total. The Balaban J connectivity index is 1.37. The van der Waals surface area contributed by atoms with Crippen molar-refractivity contribution in [3.63, 3.8) is 0 Å². The van der Waals surface area contributed by atoms with Gasteiger partial charge in [0.25, 0.3) is 0 Å². The van der Waals surface area contributed by atoms with Crippen molar-refractivity contribution < 1.29 is 14.3 Å². The number of rotatable bonds is 4. The lowest BCUT2D eigenvalue weighted by Crippen LogP contribution is -2.46. The van der Waals surface area contributed by atoms with Crippen LogP contribution in [0.3, 0.4) is 0 Å². The summed E-state index contributed by atoms with van der Waals surface area (Å²) in [4.78, 5) is 16.6. The third-order valence-corrected chi connectivity index (χ3v) is 6.25. The smallest absolute Gasteiger partial charge is 0.244 e. The molecule has 2 heterocycles. The van der Waals surface area contributed by atoms with E-state index in [0.717, 1.165) is 31.5 Å². The fourth-order valence-corrected chi connectivity index (χ4v) is 4.52. The lowest BCUT2D eigenvalue weighted by Gasteiger charge is -2.37. The Hall–Kier alpha value is -1.95. The SMILES string of the molecule is O=C1C(N2CCC(C(O)c3ccc(Cl)cc3)CC2)CCN1c1ccccc1F. The van der Waals surface area contributed by atoms with E-state index in [1.54, 1.807) is 35.2 Å². The summed E-state index contributed by atoms with van der Waals surface area (Å²) in [5.41, 5.74) is 1.24. The summed E-state index contributed by atoms with van der Waals surface area (Å²) in [5.74, 6) is -0.223. The molecule has 6 heteroatoms. The van der Waals surface area contributed by atoms with Gasteiger partial charge in [0.1, 0.15) is 5.82 Å². The molecule has 0 spiro atoms. The van der Waals surface area contributed by atoms with E-state index in [2.05, 4.69) is 4.90 Å². The van der Waals surface area contributed by atoms with Crippen LogP contribution in [0.25, 0.3) is 0 Å². The van der Waals surface area contributed by atoms with Gasteiger partial charge in [0.2, 0.25) is 5.91 Å². The number of carbonyl (C=O) groups excluding carboxylic acids is 1. The quantitative estimate of drug-likeness (QED) is 0.839. The molecule has 0 radical (unpaired) electrons. The van der Waals surface area contributed by atoms with Crippen LogP contribution in [-0.2, 0) is 4.79 Å². The Morgan fingerprint density at radius 2 is 1.68 bits per heavy atom. The van der Waals surface area contributed by atoms with Crippen LogP contribution in [0, 0.1) is 11.7 Å². The highest BCUT2D eigenvalue weighted by molar-refractivity contribution is 6.30. The lowest BCUT2D eigenvalue weighted by molar-refractivity contribution is -0.122. The molecule has 2 atom stereocenters. The third-order valence-electron chi connectivity index (χ3n) is 5.99. The molecule has 4 rings (SSSR count). The van der Waals surface area contributed by atoms with E-state index >= 15 is 0 Å². The molecule has 2 aromatic rings. The third kappa shape index (κ3) is 3.79. The van der Waals surface area contributed by atoms with Crippen LogP contribution in [-0.4, -0.2) is 41.6 Å². The fourth-order valence-electron chi connectivity index (χ4n) is 4.39. The monoisotopic (exact) mass is 402 g/mol. The zero-order valence-corrected chi connectivity index (χ0v) is 16.4. The van der Waals surface area contributed by atoms with Crippen molar-refractivity contribution >= 4 is 23.2 Å². The van der Waals surface area contributed by atoms with Gasteiger partial charge in [0.05, 0.1) is 17.8 Å². The topological polar surface area (TPSA) is 43.8 Å². The molecule has 28 heavy (non-hydrogen) atoms. The minimum absolute atomic E-state index is 0.0261. The van der Waals surface area contributed by atoms with Gasteiger partial charge in [0.15, 0.2) is 0 Å². The van der Waals surface area contributed by atoms with Crippen LogP contribution in [0.2, 0.25) is 5.02 Å². The van der Waals surface area contributed by atoms with Gasteiger partial charge in [-0.3, -0.25) is 9.69 Å². The zero-order valence-electron chi connectivity index (χ0n) is 15.6. The van der Waals surface area contributed by atoms with Crippen molar-refractivity contribution in [3.05, 3.63) is 64.9 Å². The van der Waals surface area contributed by atoms with Crippen molar-refractivity contribution in [1.82, 2.24) is 4.90 Å². The van der Waals surface area contributed by atoms with Crippen LogP contribution in [0.15, 0.2) is 48.5 Å². The number of benzene rings is 2. The average Bonchev–Trinajstić information content (AvgIpc) is 3.10. The Kier molecular flexibility index (Phi) is 5.67. The maximum atomic E-state index is 14.1. The number of anilines is 1. The first kappa shape index (κ1) is 19.4. The first-order valence-electron chi connectivity index (χ1n) is 9.78. The molecule has 1 N–H and O–H groups in total. The summed E-state index contributed by atoms with van der Waals surface area (Å²) in [6.07, 6.45) is 1.84. The number of aliphatic hydroxyl groups excluding tert-OH is 1. The Morgan fingerprint density at radius 1 is 1.00 bits per heavy atom. The van der Waals surface area contributed by atoms with Crippen LogP contribution in [0.4, 0.5) is 10.1 Å². The predicted molar refractivity (Wildman–Crippen MR) is 108 cm³/mol. The Bertz CT molecular complexity index is 837. The van der Waals surface area contributed by atoms with Gasteiger partial charge < -0.3 is 10.0 Å². The molecule has 2 fully saturated rings. The molecule has 0 saturated carbocycles. The number of likely N-dealkylation sites (tertiary alicyclic amines) is 1. The number of hydrogen-bond acceptors (Lipinski definition) is 3. The number of para-hydroxylation sites is 1. The minimum atomic E-state index is -0.520.